The minimum absolute atomic E-state index is 0.0336. The molecular formula is C19H22ClN7O3. The van der Waals surface area contributed by atoms with Crippen molar-refractivity contribution in [3.05, 3.63) is 55.3 Å². The van der Waals surface area contributed by atoms with Crippen LogP contribution in [0.15, 0.2) is 43.2 Å². The Morgan fingerprint density at radius 1 is 1.30 bits per heavy atom. The van der Waals surface area contributed by atoms with Gasteiger partial charge in [0, 0.05) is 18.0 Å². The molecule has 0 bridgehead atoms. The lowest BCUT2D eigenvalue weighted by atomic mass is 10.1. The number of hydrogen-bond acceptors (Lipinski definition) is 7. The van der Waals surface area contributed by atoms with E-state index in [9.17, 15) is 14.4 Å². The largest absolute Gasteiger partial charge is 0.352 e. The number of benzene rings is 1. The zero-order chi connectivity index (χ0) is 21.8. The van der Waals surface area contributed by atoms with Gasteiger partial charge in [-0.05, 0) is 49.6 Å². The lowest BCUT2D eigenvalue weighted by Crippen LogP contribution is -2.46. The third-order valence-electron chi connectivity index (χ3n) is 4.79. The summed E-state index contributed by atoms with van der Waals surface area (Å²) in [6, 6.07) is 4.88. The summed E-state index contributed by atoms with van der Waals surface area (Å²) in [5, 5.41) is 18.6. The Morgan fingerprint density at radius 3 is 2.77 bits per heavy atom. The number of amides is 1. The van der Waals surface area contributed by atoms with Gasteiger partial charge in [-0.3, -0.25) is 9.59 Å². The number of carbonyl (C=O) groups excluding carboxylic acids is 1. The zero-order valence-electron chi connectivity index (χ0n) is 16.9. The fourth-order valence-corrected chi connectivity index (χ4v) is 3.19. The monoisotopic (exact) mass is 431 g/mol. The highest BCUT2D eigenvalue weighted by Gasteiger charge is 2.23. The predicted octanol–water partition coefficient (Wildman–Crippen LogP) is 2.44. The van der Waals surface area contributed by atoms with E-state index in [0.29, 0.717) is 35.0 Å². The van der Waals surface area contributed by atoms with Gasteiger partial charge in [-0.2, -0.15) is 10.2 Å². The molecule has 0 spiro atoms. The van der Waals surface area contributed by atoms with Crippen molar-refractivity contribution < 1.29 is 4.79 Å². The summed E-state index contributed by atoms with van der Waals surface area (Å²) in [5.74, 6) is -0.472. The molecule has 1 aliphatic rings. The van der Waals surface area contributed by atoms with Crippen molar-refractivity contribution in [3.63, 3.8) is 0 Å². The SMILES string of the molecule is CCC1CCC(NC(=O)c2nn(CC)c(=O)n(-c3cc(Cl)ccc3C)c2=O)=NN=N1. The number of amidine groups is 1. The minimum atomic E-state index is -0.838. The lowest BCUT2D eigenvalue weighted by Gasteiger charge is -2.13. The van der Waals surface area contributed by atoms with E-state index < -0.39 is 22.9 Å². The second-order valence-electron chi connectivity index (χ2n) is 6.82. The van der Waals surface area contributed by atoms with Crippen molar-refractivity contribution in [2.75, 3.05) is 0 Å². The second kappa shape index (κ2) is 9.12. The molecule has 2 heterocycles. The molecule has 1 N–H and O–H groups in total. The molecule has 0 saturated heterocycles. The van der Waals surface area contributed by atoms with Gasteiger partial charge in [0.05, 0.1) is 11.7 Å². The molecule has 1 atom stereocenters. The van der Waals surface area contributed by atoms with Crippen LogP contribution in [0.3, 0.4) is 0 Å². The first-order valence-corrected chi connectivity index (χ1v) is 10.0. The minimum Gasteiger partial charge on any atom is -0.307 e. The standard InChI is InChI=1S/C19H22ClN7O3/c1-4-13-8-9-15(23-25-22-13)21-17(28)16-18(29)27(19(30)26(5-2)24-16)14-10-12(20)7-6-11(14)3/h6-7,10,13H,4-5,8-9H2,1-3H3,(H,21,22,23,28). The topological polar surface area (TPSA) is 123 Å². The van der Waals surface area contributed by atoms with E-state index in [-0.39, 0.29) is 12.6 Å². The van der Waals surface area contributed by atoms with Crippen LogP contribution in [0.1, 0.15) is 49.2 Å². The molecule has 2 aromatic rings. The van der Waals surface area contributed by atoms with Crippen LogP contribution in [0.2, 0.25) is 5.02 Å². The molecule has 1 aromatic carbocycles. The summed E-state index contributed by atoms with van der Waals surface area (Å²) >= 11 is 6.06. The number of hydrogen-bond donors (Lipinski definition) is 1. The van der Waals surface area contributed by atoms with E-state index in [0.717, 1.165) is 15.7 Å². The molecule has 158 valence electrons. The van der Waals surface area contributed by atoms with Crippen molar-refractivity contribution in [3.8, 4) is 5.69 Å². The van der Waals surface area contributed by atoms with Crippen LogP contribution in [0.5, 0.6) is 0 Å². The summed E-state index contributed by atoms with van der Waals surface area (Å²) in [4.78, 5) is 38.7. The fraction of sp³-hybridized carbons (Fsp3) is 0.421. The smallest absolute Gasteiger partial charge is 0.307 e. The molecule has 0 aliphatic carbocycles. The Bertz CT molecular complexity index is 1150. The number of aryl methyl sites for hydroxylation is 2. The first-order valence-electron chi connectivity index (χ1n) is 9.64. The number of nitrogens with one attached hydrogen (secondary N) is 1. The summed E-state index contributed by atoms with van der Waals surface area (Å²) in [6.07, 6.45) is 1.94. The van der Waals surface area contributed by atoms with Crippen molar-refractivity contribution in [2.45, 2.75) is 52.6 Å². The van der Waals surface area contributed by atoms with Gasteiger partial charge in [0.1, 0.15) is 5.84 Å². The fourth-order valence-electron chi connectivity index (χ4n) is 3.03. The van der Waals surface area contributed by atoms with Crippen LogP contribution in [-0.4, -0.2) is 32.1 Å². The number of aromatic nitrogens is 3. The maximum Gasteiger partial charge on any atom is 0.352 e. The van der Waals surface area contributed by atoms with Crippen molar-refractivity contribution in [1.82, 2.24) is 19.7 Å². The molecule has 11 heteroatoms. The number of rotatable bonds is 4. The van der Waals surface area contributed by atoms with Crippen LogP contribution < -0.4 is 16.6 Å². The van der Waals surface area contributed by atoms with Crippen molar-refractivity contribution in [2.24, 2.45) is 15.4 Å². The van der Waals surface area contributed by atoms with Crippen molar-refractivity contribution in [1.29, 1.82) is 0 Å². The van der Waals surface area contributed by atoms with Gasteiger partial charge in [0.15, 0.2) is 0 Å². The quantitative estimate of drug-likeness (QED) is 0.798. The lowest BCUT2D eigenvalue weighted by molar-refractivity contribution is 0.0966. The molecule has 0 fully saturated rings. The van der Waals surface area contributed by atoms with Gasteiger partial charge >= 0.3 is 5.69 Å². The number of carbonyl (C=O) groups is 1. The van der Waals surface area contributed by atoms with Gasteiger partial charge in [0.25, 0.3) is 11.5 Å². The number of nitrogens with zero attached hydrogens (tertiary/aromatic N) is 6. The molecule has 30 heavy (non-hydrogen) atoms. The van der Waals surface area contributed by atoms with Gasteiger partial charge in [-0.15, -0.1) is 5.10 Å². The third kappa shape index (κ3) is 4.38. The maximum atomic E-state index is 13.1. The Hall–Kier alpha value is -3.14. The van der Waals surface area contributed by atoms with E-state index in [2.05, 4.69) is 25.9 Å². The van der Waals surface area contributed by atoms with E-state index >= 15 is 0 Å². The van der Waals surface area contributed by atoms with Crippen LogP contribution in [0.25, 0.3) is 5.69 Å². The molecule has 1 amide bonds. The van der Waals surface area contributed by atoms with Gasteiger partial charge < -0.3 is 5.32 Å². The molecule has 0 saturated carbocycles. The highest BCUT2D eigenvalue weighted by molar-refractivity contribution is 6.30. The van der Waals surface area contributed by atoms with E-state index in [1.165, 1.54) is 6.07 Å². The predicted molar refractivity (Wildman–Crippen MR) is 113 cm³/mol. The average Bonchev–Trinajstić information content (AvgIpc) is 2.95. The van der Waals surface area contributed by atoms with Crippen molar-refractivity contribution >= 4 is 23.3 Å². The summed E-state index contributed by atoms with van der Waals surface area (Å²) in [7, 11) is 0. The Labute approximate surface area is 177 Å². The van der Waals surface area contributed by atoms with Crippen LogP contribution >= 0.6 is 11.6 Å². The summed E-state index contributed by atoms with van der Waals surface area (Å²) in [5.41, 5.74) is -0.974. The third-order valence-corrected chi connectivity index (χ3v) is 5.02. The summed E-state index contributed by atoms with van der Waals surface area (Å²) in [6.45, 7) is 5.59. The average molecular weight is 432 g/mol. The van der Waals surface area contributed by atoms with Crippen LogP contribution in [0, 0.1) is 6.92 Å². The first-order chi connectivity index (χ1) is 14.3. The number of halogens is 1. The molecule has 10 nitrogen and oxygen atoms in total. The first kappa shape index (κ1) is 21.6. The highest BCUT2D eigenvalue weighted by atomic mass is 35.5. The van der Waals surface area contributed by atoms with Gasteiger partial charge in [-0.1, -0.05) is 24.6 Å². The molecule has 1 unspecified atom stereocenters. The van der Waals surface area contributed by atoms with E-state index in [1.54, 1.807) is 26.0 Å². The molecule has 1 aromatic heterocycles. The van der Waals surface area contributed by atoms with Crippen LogP contribution in [-0.2, 0) is 6.54 Å². The Balaban J connectivity index is 2.04. The second-order valence-corrected chi connectivity index (χ2v) is 7.26. The molecule has 1 aliphatic heterocycles. The highest BCUT2D eigenvalue weighted by Crippen LogP contribution is 2.17. The molecule has 0 radical (unpaired) electrons. The van der Waals surface area contributed by atoms with Gasteiger partial charge in [0.2, 0.25) is 5.69 Å². The molecular weight excluding hydrogens is 410 g/mol. The zero-order valence-corrected chi connectivity index (χ0v) is 17.7. The summed E-state index contributed by atoms with van der Waals surface area (Å²) < 4.78 is 1.97. The van der Waals surface area contributed by atoms with E-state index in [4.69, 9.17) is 11.6 Å². The Morgan fingerprint density at radius 2 is 2.07 bits per heavy atom. The molecule has 3 rings (SSSR count). The Kier molecular flexibility index (Phi) is 6.56. The normalized spacial score (nSPS) is 16.1. The van der Waals surface area contributed by atoms with Crippen LogP contribution in [0.4, 0.5) is 0 Å². The maximum absolute atomic E-state index is 13.1. The van der Waals surface area contributed by atoms with Gasteiger partial charge in [-0.25, -0.2) is 14.0 Å². The van der Waals surface area contributed by atoms with E-state index in [1.807, 2.05) is 6.92 Å².